The van der Waals surface area contributed by atoms with Crippen molar-refractivity contribution in [2.75, 3.05) is 145 Å². The maximum Gasteiger partial charge on any atom is 0.267 e. The first-order chi connectivity index (χ1) is 59.6. The molecule has 722 valence electrons. The molecule has 6 saturated heterocycles. The predicted molar refractivity (Wildman–Crippen MR) is 440 cm³/mol. The van der Waals surface area contributed by atoms with Crippen LogP contribution < -0.4 is 41.7 Å². The second-order valence-corrected chi connectivity index (χ2v) is 36.9. The summed E-state index contributed by atoms with van der Waals surface area (Å²) in [4.78, 5) is 146. The van der Waals surface area contributed by atoms with Gasteiger partial charge in [0.25, 0.3) is 15.6 Å². The maximum absolute atomic E-state index is 13.9. The van der Waals surface area contributed by atoms with E-state index in [1.165, 1.54) is 20.8 Å². The molecule has 6 aliphatic heterocycles. The van der Waals surface area contributed by atoms with Crippen molar-refractivity contribution in [3.63, 3.8) is 0 Å². The number of unbranched alkanes of at least 4 members (excludes halogenated alkanes) is 9. The van der Waals surface area contributed by atoms with Gasteiger partial charge in [-0.1, -0.05) is 26.2 Å². The monoisotopic (exact) mass is 1830 g/mol. The van der Waals surface area contributed by atoms with Crippen molar-refractivity contribution >= 4 is 68.8 Å². The molecule has 0 radical (unpaired) electrons. The lowest BCUT2D eigenvalue weighted by atomic mass is 9.80. The summed E-state index contributed by atoms with van der Waals surface area (Å²) < 4.78 is 90.1. The molecule has 0 aromatic carbocycles. The molecular formula is C81H143N9O33P2-2. The van der Waals surface area contributed by atoms with Crippen molar-refractivity contribution in [3.05, 3.63) is 0 Å². The van der Waals surface area contributed by atoms with E-state index in [0.717, 1.165) is 0 Å². The van der Waals surface area contributed by atoms with Gasteiger partial charge in [0, 0.05) is 167 Å². The van der Waals surface area contributed by atoms with Crippen LogP contribution in [0, 0.1) is 22.2 Å². The third-order valence-corrected chi connectivity index (χ3v) is 25.9. The topological polar surface area (TPSA) is 599 Å². The fraction of sp³-hybridized carbons (Fsp3) is 0.889. The van der Waals surface area contributed by atoms with Crippen LogP contribution >= 0.6 is 15.6 Å². The van der Waals surface area contributed by atoms with E-state index in [9.17, 15) is 108 Å². The normalized spacial score (nSPS) is 27.1. The summed E-state index contributed by atoms with van der Waals surface area (Å²) in [5, 5.41) is 108. The SMILES string of the molecule is CCOCC1(COP(=O)([O-])OCC2(COP(=O)([O-])OCC3(CO)CCN(C(=O)CCCCCNC(=O)CCCCO[C@@H]4O[C@H](CO)[C@H](O)[C@H](O)[C@H]4NC(C)=O)CC3)CCN(C(=O)CCCCCNC(=O)CCCCO[C@@H]3O[C@H](CO)[C@H](C)[C@H](O)[C@H]3NC(C)=O)CC2)CCN(C(=O)CCCCCNC(=O)CCCCO[C@@H]2O[C@H](CO)[C@H](O)[C@H](O)[C@H]2NC(C)=O)CC1. The van der Waals surface area contributed by atoms with E-state index in [4.69, 9.17) is 51.3 Å². The number of aliphatic hydroxyl groups is 9. The molecule has 0 bridgehead atoms. The Kier molecular flexibility index (Phi) is 48.5. The van der Waals surface area contributed by atoms with Crippen molar-refractivity contribution in [3.8, 4) is 0 Å². The van der Waals surface area contributed by atoms with Crippen LogP contribution in [0.4, 0.5) is 0 Å². The van der Waals surface area contributed by atoms with Gasteiger partial charge in [0.15, 0.2) is 18.9 Å². The van der Waals surface area contributed by atoms with Gasteiger partial charge in [-0.15, -0.1) is 0 Å². The van der Waals surface area contributed by atoms with Gasteiger partial charge >= 0.3 is 0 Å². The largest absolute Gasteiger partial charge is 0.756 e. The van der Waals surface area contributed by atoms with Gasteiger partial charge in [-0.3, -0.25) is 52.3 Å². The van der Waals surface area contributed by atoms with E-state index < -0.39 is 175 Å². The molecule has 17 atom stereocenters. The standard InChI is InChI=1S/C81H145N9O33P2/c1-6-113-50-80(30-39-89(40-31-80)66(102)26-11-8-17-35-84-64(100)24-15-21-45-116-78-70(87-58(5)97)75(108)73(106)61(48-93)123-78)52-118-125(111,112)120-54-81(32-41-90(42-33-81)67(103)27-12-9-18-36-82-62(98)22-13-19-43-114-76-68(85-56(3)95)71(104)55(2)59(46-91)121-76)53-119-124(109,110)117-51-79(49-94)28-37-88(38-29-79)65(101)25-10-7-16-34-83-63(99)23-14-20-44-115-77-69(86-57(4)96)74(107)72(105)60(47-92)122-77/h55,59-61,68-78,91-94,104-108H,6-54H2,1-5H3,(H,82,98)(H,83,99)(H,84,100)(H,85,95)(H,86,96)(H,87,97)(H,109,110)(H,111,112)/p-2/t55-,59+,60+,61+,68+,69+,70+,71-,72-,73-,74+,75+,76+,77+,78+/m0/s1. The molecular weight excluding hydrogens is 1690 g/mol. The van der Waals surface area contributed by atoms with Gasteiger partial charge in [0.05, 0.1) is 71.7 Å². The Morgan fingerprint density at radius 3 is 0.984 bits per heavy atom. The summed E-state index contributed by atoms with van der Waals surface area (Å²) in [6, 6.07) is -3.00. The van der Waals surface area contributed by atoms with E-state index in [-0.39, 0.29) is 184 Å². The van der Waals surface area contributed by atoms with Crippen molar-refractivity contribution in [2.24, 2.45) is 22.2 Å². The molecule has 15 N–H and O–H groups in total. The van der Waals surface area contributed by atoms with Crippen molar-refractivity contribution in [1.29, 1.82) is 0 Å². The molecule has 0 spiro atoms. The number of phosphoric acid groups is 2. The van der Waals surface area contributed by atoms with E-state index in [0.29, 0.717) is 135 Å². The first-order valence-corrected chi connectivity index (χ1v) is 47.4. The number of carbonyl (C=O) groups excluding carboxylic acids is 9. The van der Waals surface area contributed by atoms with Crippen LogP contribution in [-0.2, 0) is 104 Å². The molecule has 42 nitrogen and oxygen atoms in total. The number of nitrogens with zero attached hydrogens (tertiary/aromatic N) is 3. The van der Waals surface area contributed by atoms with Crippen LogP contribution in [-0.4, -0.2) is 344 Å². The average Bonchev–Trinajstić information content (AvgIpc) is 0.832. The third-order valence-electron chi connectivity index (χ3n) is 24.1. The molecule has 44 heteroatoms. The number of likely N-dealkylation sites (tertiary alicyclic amines) is 3. The second kappa shape index (κ2) is 55.9. The molecule has 6 heterocycles. The lowest BCUT2D eigenvalue weighted by Crippen LogP contribution is -2.64. The second-order valence-electron chi connectivity index (χ2n) is 34.1. The lowest BCUT2D eigenvalue weighted by Gasteiger charge is -2.44. The summed E-state index contributed by atoms with van der Waals surface area (Å²) in [5.74, 6) is -2.79. The number of ether oxygens (including phenoxy) is 7. The van der Waals surface area contributed by atoms with Gasteiger partial charge in [0.2, 0.25) is 53.2 Å². The van der Waals surface area contributed by atoms with Crippen LogP contribution in [0.1, 0.15) is 208 Å². The Morgan fingerprint density at radius 2 is 0.680 bits per heavy atom. The summed E-state index contributed by atoms with van der Waals surface area (Å²) in [6.07, 6.45) is -2.81. The van der Waals surface area contributed by atoms with E-state index in [1.54, 1.807) is 28.5 Å². The fourth-order valence-corrected chi connectivity index (χ4v) is 17.8. The summed E-state index contributed by atoms with van der Waals surface area (Å²) >= 11 is 0. The predicted octanol–water partition coefficient (Wildman–Crippen LogP) is -1.46. The Morgan fingerprint density at radius 1 is 0.392 bits per heavy atom. The van der Waals surface area contributed by atoms with E-state index in [1.807, 2.05) is 0 Å². The highest BCUT2D eigenvalue weighted by molar-refractivity contribution is 7.46. The van der Waals surface area contributed by atoms with Crippen LogP contribution in [0.2, 0.25) is 0 Å². The molecule has 6 aliphatic rings. The highest BCUT2D eigenvalue weighted by Gasteiger charge is 2.49. The summed E-state index contributed by atoms with van der Waals surface area (Å²) in [6.45, 7) is 6.19. The molecule has 0 aromatic rings. The number of carbonyl (C=O) groups is 9. The summed E-state index contributed by atoms with van der Waals surface area (Å²) in [7, 11) is -10.4. The van der Waals surface area contributed by atoms with Crippen molar-refractivity contribution < 1.29 is 159 Å². The number of piperidine rings is 3. The number of phosphoric ester groups is 2. The van der Waals surface area contributed by atoms with Gasteiger partial charge in [-0.2, -0.15) is 0 Å². The van der Waals surface area contributed by atoms with E-state index in [2.05, 4.69) is 31.9 Å². The molecule has 6 fully saturated rings. The molecule has 0 aromatic heterocycles. The number of nitrogens with one attached hydrogen (secondary N) is 6. The highest BCUT2D eigenvalue weighted by Crippen LogP contribution is 2.50. The van der Waals surface area contributed by atoms with Crippen LogP contribution in [0.5, 0.6) is 0 Å². The number of aliphatic hydroxyl groups excluding tert-OH is 9. The van der Waals surface area contributed by atoms with E-state index >= 15 is 0 Å². The first-order valence-electron chi connectivity index (χ1n) is 44.4. The molecule has 125 heavy (non-hydrogen) atoms. The maximum atomic E-state index is 13.9. The van der Waals surface area contributed by atoms with Gasteiger partial charge in [0.1, 0.15) is 54.7 Å². The number of amides is 9. The molecule has 9 amide bonds. The number of rotatable bonds is 58. The number of hydrogen-bond acceptors (Lipinski definition) is 33. The highest BCUT2D eigenvalue weighted by atomic mass is 31.2. The van der Waals surface area contributed by atoms with Crippen molar-refractivity contribution in [1.82, 2.24) is 46.6 Å². The first kappa shape index (κ1) is 109. The summed E-state index contributed by atoms with van der Waals surface area (Å²) in [5.41, 5.74) is -3.27. The van der Waals surface area contributed by atoms with Gasteiger partial charge in [-0.25, -0.2) is 0 Å². The quantitative estimate of drug-likeness (QED) is 0.0244. The zero-order valence-electron chi connectivity index (χ0n) is 73.4. The van der Waals surface area contributed by atoms with Gasteiger partial charge in [-0.05, 0) is 122 Å². The lowest BCUT2D eigenvalue weighted by molar-refractivity contribution is -0.270. The minimum Gasteiger partial charge on any atom is -0.756 e. The average molecular weight is 1830 g/mol. The minimum absolute atomic E-state index is 0.0276. The third kappa shape index (κ3) is 37.5. The van der Waals surface area contributed by atoms with Crippen LogP contribution in [0.3, 0.4) is 0 Å². The molecule has 2 unspecified atom stereocenters. The van der Waals surface area contributed by atoms with Gasteiger partial charge < -0.3 is 154 Å². The Bertz CT molecular complexity index is 3360. The Hall–Kier alpha value is -5.19. The molecule has 6 rings (SSSR count). The zero-order chi connectivity index (χ0) is 91.8. The Labute approximate surface area is 732 Å². The molecule has 0 aliphatic carbocycles. The Balaban J connectivity index is 0.926. The smallest absolute Gasteiger partial charge is 0.267 e. The molecule has 0 saturated carbocycles. The zero-order valence-corrected chi connectivity index (χ0v) is 75.2. The van der Waals surface area contributed by atoms with Crippen LogP contribution in [0.25, 0.3) is 0 Å². The van der Waals surface area contributed by atoms with Crippen LogP contribution in [0.15, 0.2) is 0 Å². The van der Waals surface area contributed by atoms with Crippen molar-refractivity contribution in [2.45, 2.75) is 294 Å². The fourth-order valence-electron chi connectivity index (χ4n) is 15.9. The minimum atomic E-state index is -5.23. The number of hydrogen-bond donors (Lipinski definition) is 15.